The van der Waals surface area contributed by atoms with Crippen molar-refractivity contribution >= 4 is 40.6 Å². The maximum absolute atomic E-state index is 12.8. The van der Waals surface area contributed by atoms with E-state index in [1.807, 2.05) is 6.92 Å². The number of nitrogens with zero attached hydrogens (tertiary/aromatic N) is 4. The third-order valence-electron chi connectivity index (χ3n) is 4.02. The van der Waals surface area contributed by atoms with Crippen LogP contribution in [0.15, 0.2) is 42.9 Å². The van der Waals surface area contributed by atoms with Crippen LogP contribution in [0.5, 0.6) is 0 Å². The lowest BCUT2D eigenvalue weighted by Crippen LogP contribution is -2.30. The second-order valence-corrected chi connectivity index (χ2v) is 6.71. The number of nitro groups is 1. The van der Waals surface area contributed by atoms with E-state index in [1.54, 1.807) is 24.3 Å². The number of halogens is 4. The van der Waals surface area contributed by atoms with Crippen molar-refractivity contribution in [3.8, 4) is 0 Å². The zero-order valence-electron chi connectivity index (χ0n) is 16.1. The molecule has 0 fully saturated rings. The summed E-state index contributed by atoms with van der Waals surface area (Å²) in [4.78, 5) is 34.0. The third-order valence-corrected chi connectivity index (χ3v) is 4.31. The van der Waals surface area contributed by atoms with Crippen molar-refractivity contribution in [1.82, 2.24) is 20.4 Å². The molecule has 3 N–H and O–H groups in total. The van der Waals surface area contributed by atoms with Crippen LogP contribution in [0.3, 0.4) is 0 Å². The van der Waals surface area contributed by atoms with Gasteiger partial charge in [0.1, 0.15) is 6.33 Å². The lowest BCUT2D eigenvalue weighted by Gasteiger charge is -2.12. The molecule has 10 nitrogen and oxygen atoms in total. The Kier molecular flexibility index (Phi) is 6.39. The van der Waals surface area contributed by atoms with Crippen LogP contribution in [-0.2, 0) is 6.18 Å². The largest absolute Gasteiger partial charge is 0.417 e. The number of pyridine rings is 1. The fraction of sp³-hybridized carbons (Fsp3) is 0.111. The first-order chi connectivity index (χ1) is 15.1. The van der Waals surface area contributed by atoms with Gasteiger partial charge in [-0.25, -0.2) is 15.0 Å². The molecule has 0 aliphatic heterocycles. The second kappa shape index (κ2) is 9.01. The fourth-order valence-corrected chi connectivity index (χ4v) is 2.64. The van der Waals surface area contributed by atoms with Gasteiger partial charge in [-0.3, -0.25) is 25.8 Å². The van der Waals surface area contributed by atoms with E-state index in [1.165, 1.54) is 0 Å². The standard InChI is InChI=1S/C18H13ClF3N7O3/c1-9-2-4-10(5-3-9)17(30)28-27-16-13(29(31)32)15(24-8-25-16)26-14-12(19)6-11(7-23-14)18(20,21)22/h2-8H,1H3,(H,28,30)(H2,23,24,25,26,27). The molecule has 32 heavy (non-hydrogen) atoms. The van der Waals surface area contributed by atoms with Gasteiger partial charge < -0.3 is 5.32 Å². The van der Waals surface area contributed by atoms with Crippen LogP contribution in [0.1, 0.15) is 21.5 Å². The van der Waals surface area contributed by atoms with Crippen molar-refractivity contribution in [1.29, 1.82) is 0 Å². The van der Waals surface area contributed by atoms with E-state index in [0.717, 1.165) is 11.9 Å². The molecule has 0 aliphatic rings. The summed E-state index contributed by atoms with van der Waals surface area (Å²) >= 11 is 5.83. The first-order valence-corrected chi connectivity index (χ1v) is 9.06. The molecular formula is C18H13ClF3N7O3. The summed E-state index contributed by atoms with van der Waals surface area (Å²) in [6.45, 7) is 1.84. The minimum Gasteiger partial charge on any atom is -0.318 e. The van der Waals surface area contributed by atoms with Crippen LogP contribution < -0.4 is 16.2 Å². The number of carbonyl (C=O) groups is 1. The van der Waals surface area contributed by atoms with Crippen LogP contribution in [0, 0.1) is 17.0 Å². The molecule has 0 atom stereocenters. The number of hydrazine groups is 1. The van der Waals surface area contributed by atoms with E-state index < -0.39 is 39.1 Å². The molecule has 3 rings (SSSR count). The Bertz CT molecular complexity index is 1170. The summed E-state index contributed by atoms with van der Waals surface area (Å²) in [5, 5.41) is 13.6. The molecule has 0 radical (unpaired) electrons. The summed E-state index contributed by atoms with van der Waals surface area (Å²) in [6, 6.07) is 7.17. The summed E-state index contributed by atoms with van der Waals surface area (Å²) in [7, 11) is 0. The van der Waals surface area contributed by atoms with Gasteiger partial charge in [-0.05, 0) is 25.1 Å². The van der Waals surface area contributed by atoms with E-state index in [9.17, 15) is 28.1 Å². The topological polar surface area (TPSA) is 135 Å². The average molecular weight is 468 g/mol. The monoisotopic (exact) mass is 467 g/mol. The van der Waals surface area contributed by atoms with Crippen molar-refractivity contribution in [2.24, 2.45) is 0 Å². The van der Waals surface area contributed by atoms with Gasteiger partial charge in [0.15, 0.2) is 5.82 Å². The number of anilines is 3. The Morgan fingerprint density at radius 1 is 1.09 bits per heavy atom. The number of rotatable bonds is 6. The number of carbonyl (C=O) groups excluding carboxylic acids is 1. The Morgan fingerprint density at radius 3 is 2.34 bits per heavy atom. The molecule has 3 aromatic rings. The number of amides is 1. The highest BCUT2D eigenvalue weighted by molar-refractivity contribution is 6.33. The van der Waals surface area contributed by atoms with Crippen molar-refractivity contribution in [2.75, 3.05) is 10.7 Å². The quantitative estimate of drug-likeness (QED) is 0.361. The second-order valence-electron chi connectivity index (χ2n) is 6.30. The SMILES string of the molecule is Cc1ccc(C(=O)NNc2ncnc(Nc3ncc(C(F)(F)F)cc3Cl)c2[N+](=O)[O-])cc1. The van der Waals surface area contributed by atoms with Gasteiger partial charge in [-0.15, -0.1) is 0 Å². The number of aryl methyl sites for hydroxylation is 1. The molecule has 0 aliphatic carbocycles. The summed E-state index contributed by atoms with van der Waals surface area (Å²) in [5.41, 5.74) is 4.06. The number of alkyl halides is 3. The number of aromatic nitrogens is 3. The molecule has 0 bridgehead atoms. The Hall–Kier alpha value is -4.00. The average Bonchev–Trinajstić information content (AvgIpc) is 2.73. The highest BCUT2D eigenvalue weighted by Crippen LogP contribution is 2.35. The number of benzene rings is 1. The zero-order chi connectivity index (χ0) is 23.5. The highest BCUT2D eigenvalue weighted by Gasteiger charge is 2.32. The first-order valence-electron chi connectivity index (χ1n) is 8.68. The van der Waals surface area contributed by atoms with Crippen molar-refractivity contribution in [2.45, 2.75) is 13.1 Å². The van der Waals surface area contributed by atoms with Crippen LogP contribution in [0.2, 0.25) is 5.02 Å². The Morgan fingerprint density at radius 2 is 1.75 bits per heavy atom. The first kappa shape index (κ1) is 22.7. The van der Waals surface area contributed by atoms with Crippen LogP contribution in [-0.4, -0.2) is 25.8 Å². The molecule has 1 aromatic carbocycles. The molecule has 2 heterocycles. The molecular weight excluding hydrogens is 455 g/mol. The van der Waals surface area contributed by atoms with Crippen molar-refractivity contribution in [3.05, 3.63) is 74.7 Å². The lowest BCUT2D eigenvalue weighted by molar-refractivity contribution is -0.383. The zero-order valence-corrected chi connectivity index (χ0v) is 16.8. The molecule has 0 unspecified atom stereocenters. The molecule has 0 saturated carbocycles. The third kappa shape index (κ3) is 5.18. The van der Waals surface area contributed by atoms with E-state index >= 15 is 0 Å². The summed E-state index contributed by atoms with van der Waals surface area (Å²) in [6.07, 6.45) is -3.21. The minimum absolute atomic E-state index is 0.291. The van der Waals surface area contributed by atoms with Gasteiger partial charge in [0.2, 0.25) is 11.6 Å². The summed E-state index contributed by atoms with van der Waals surface area (Å²) < 4.78 is 38.3. The van der Waals surface area contributed by atoms with Gasteiger partial charge >= 0.3 is 11.9 Å². The van der Waals surface area contributed by atoms with Crippen molar-refractivity contribution < 1.29 is 22.9 Å². The number of nitrogens with one attached hydrogen (secondary N) is 3. The van der Waals surface area contributed by atoms with Crippen LogP contribution in [0.25, 0.3) is 0 Å². The van der Waals surface area contributed by atoms with E-state index in [-0.39, 0.29) is 11.6 Å². The van der Waals surface area contributed by atoms with E-state index in [4.69, 9.17) is 11.6 Å². The van der Waals surface area contributed by atoms with Gasteiger partial charge in [0.25, 0.3) is 5.91 Å². The number of hydrogen-bond donors (Lipinski definition) is 3. The van der Waals surface area contributed by atoms with Gasteiger partial charge in [-0.2, -0.15) is 13.2 Å². The lowest BCUT2D eigenvalue weighted by atomic mass is 10.1. The molecule has 2 aromatic heterocycles. The maximum atomic E-state index is 12.8. The smallest absolute Gasteiger partial charge is 0.318 e. The fourth-order valence-electron chi connectivity index (χ4n) is 2.42. The molecule has 0 saturated heterocycles. The Labute approximate surface area is 183 Å². The van der Waals surface area contributed by atoms with E-state index in [0.29, 0.717) is 17.8 Å². The predicted molar refractivity (Wildman–Crippen MR) is 108 cm³/mol. The van der Waals surface area contributed by atoms with Crippen LogP contribution in [0.4, 0.5) is 36.3 Å². The maximum Gasteiger partial charge on any atom is 0.417 e. The highest BCUT2D eigenvalue weighted by atomic mass is 35.5. The van der Waals surface area contributed by atoms with Gasteiger partial charge in [0.05, 0.1) is 15.5 Å². The van der Waals surface area contributed by atoms with Gasteiger partial charge in [-0.1, -0.05) is 29.3 Å². The molecule has 166 valence electrons. The van der Waals surface area contributed by atoms with Crippen molar-refractivity contribution in [3.63, 3.8) is 0 Å². The van der Waals surface area contributed by atoms with Gasteiger partial charge in [0, 0.05) is 11.8 Å². The summed E-state index contributed by atoms with van der Waals surface area (Å²) in [5.74, 6) is -1.67. The van der Waals surface area contributed by atoms with Crippen LogP contribution >= 0.6 is 11.6 Å². The van der Waals surface area contributed by atoms with E-state index in [2.05, 4.69) is 31.1 Å². The predicted octanol–water partition coefficient (Wildman–Crippen LogP) is 4.26. The molecule has 1 amide bonds. The number of hydrogen-bond acceptors (Lipinski definition) is 8. The normalized spacial score (nSPS) is 11.0. The molecule has 0 spiro atoms. The molecule has 14 heteroatoms. The Balaban J connectivity index is 1.84. The minimum atomic E-state index is -4.66.